The summed E-state index contributed by atoms with van der Waals surface area (Å²) in [6.07, 6.45) is 1.92. The summed E-state index contributed by atoms with van der Waals surface area (Å²) in [5.74, 6) is 2.45. The zero-order chi connectivity index (χ0) is 17.0. The van der Waals surface area contributed by atoms with Crippen LogP contribution in [-0.2, 0) is 6.42 Å². The third-order valence-corrected chi connectivity index (χ3v) is 4.57. The van der Waals surface area contributed by atoms with Crippen molar-refractivity contribution >= 4 is 17.7 Å². The predicted octanol–water partition coefficient (Wildman–Crippen LogP) is 3.32. The molecule has 0 bridgehead atoms. The van der Waals surface area contributed by atoms with Crippen LogP contribution in [0.3, 0.4) is 0 Å². The fourth-order valence-electron chi connectivity index (χ4n) is 2.15. The molecule has 0 unspecified atom stereocenters. The van der Waals surface area contributed by atoms with Crippen LogP contribution < -0.4 is 15.8 Å². The Labute approximate surface area is 148 Å². The molecule has 2 rings (SSSR count). The smallest absolute Gasteiger partial charge is 0.188 e. The molecule has 0 saturated heterocycles. The number of methoxy groups -OCH3 is 1. The summed E-state index contributed by atoms with van der Waals surface area (Å²) in [5, 5.41) is 3.16. The van der Waals surface area contributed by atoms with Crippen molar-refractivity contribution in [2.24, 2.45) is 10.7 Å². The highest BCUT2D eigenvalue weighted by atomic mass is 32.2. The molecule has 0 spiro atoms. The second-order valence-corrected chi connectivity index (χ2v) is 6.48. The van der Waals surface area contributed by atoms with Gasteiger partial charge in [-0.2, -0.15) is 0 Å². The fraction of sp³-hybridized carbons (Fsp3) is 0.316. The minimum atomic E-state index is 0.522. The average molecular weight is 343 g/mol. The first-order valence-electron chi connectivity index (χ1n) is 8.12. The molecule has 2 aromatic rings. The molecule has 4 nitrogen and oxygen atoms in total. The van der Waals surface area contributed by atoms with Crippen molar-refractivity contribution < 1.29 is 4.74 Å². The molecule has 0 aliphatic rings. The van der Waals surface area contributed by atoms with E-state index in [0.29, 0.717) is 5.96 Å². The Bertz CT molecular complexity index is 614. The first-order valence-corrected chi connectivity index (χ1v) is 9.11. The summed E-state index contributed by atoms with van der Waals surface area (Å²) in [5.41, 5.74) is 7.13. The molecule has 5 heteroatoms. The fourth-order valence-corrected chi connectivity index (χ4v) is 3.01. The van der Waals surface area contributed by atoms with Gasteiger partial charge < -0.3 is 15.8 Å². The van der Waals surface area contributed by atoms with Crippen LogP contribution >= 0.6 is 11.8 Å². The van der Waals surface area contributed by atoms with Crippen LogP contribution in [0.2, 0.25) is 0 Å². The monoisotopic (exact) mass is 343 g/mol. The Hall–Kier alpha value is -2.14. The summed E-state index contributed by atoms with van der Waals surface area (Å²) in [6, 6.07) is 18.5. The van der Waals surface area contributed by atoms with Gasteiger partial charge in [0.2, 0.25) is 0 Å². The lowest BCUT2D eigenvalue weighted by molar-refractivity contribution is 0.414. The number of hydrogen-bond acceptors (Lipinski definition) is 3. The minimum absolute atomic E-state index is 0.522. The highest BCUT2D eigenvalue weighted by molar-refractivity contribution is 7.99. The van der Waals surface area contributed by atoms with E-state index >= 15 is 0 Å². The number of nitrogens with two attached hydrogens (primary N) is 1. The van der Waals surface area contributed by atoms with Crippen LogP contribution in [0.5, 0.6) is 5.75 Å². The van der Waals surface area contributed by atoms with Gasteiger partial charge in [0.1, 0.15) is 5.75 Å². The van der Waals surface area contributed by atoms with Crippen molar-refractivity contribution in [3.63, 3.8) is 0 Å². The molecule has 128 valence electrons. The van der Waals surface area contributed by atoms with Crippen LogP contribution in [0.1, 0.15) is 12.0 Å². The number of thioether (sulfide) groups is 1. The van der Waals surface area contributed by atoms with Gasteiger partial charge in [0.15, 0.2) is 5.96 Å². The highest BCUT2D eigenvalue weighted by Crippen LogP contribution is 2.17. The Balaban J connectivity index is 1.57. The van der Waals surface area contributed by atoms with Gasteiger partial charge in [-0.15, -0.1) is 11.8 Å². The van der Waals surface area contributed by atoms with E-state index in [2.05, 4.69) is 46.7 Å². The first kappa shape index (κ1) is 18.2. The van der Waals surface area contributed by atoms with Crippen LogP contribution in [0.25, 0.3) is 0 Å². The normalized spacial score (nSPS) is 11.3. The third kappa shape index (κ3) is 6.96. The first-order chi connectivity index (χ1) is 11.8. The van der Waals surface area contributed by atoms with Crippen molar-refractivity contribution in [2.45, 2.75) is 17.7 Å². The summed E-state index contributed by atoms with van der Waals surface area (Å²) in [4.78, 5) is 5.66. The number of nitrogens with one attached hydrogen (secondary N) is 1. The lowest BCUT2D eigenvalue weighted by Crippen LogP contribution is -2.33. The average Bonchev–Trinajstić information content (AvgIpc) is 2.63. The zero-order valence-corrected chi connectivity index (χ0v) is 14.9. The largest absolute Gasteiger partial charge is 0.497 e. The number of nitrogens with zero attached hydrogens (tertiary/aromatic N) is 1. The lowest BCUT2D eigenvalue weighted by atomic mass is 10.1. The quantitative estimate of drug-likeness (QED) is 0.317. The van der Waals surface area contributed by atoms with E-state index in [1.54, 1.807) is 7.11 Å². The maximum atomic E-state index is 5.89. The topological polar surface area (TPSA) is 59.6 Å². The summed E-state index contributed by atoms with van der Waals surface area (Å²) < 4.78 is 5.15. The molecular formula is C19H25N3OS. The van der Waals surface area contributed by atoms with Crippen LogP contribution in [-0.4, -0.2) is 31.9 Å². The van der Waals surface area contributed by atoms with Crippen molar-refractivity contribution in [3.8, 4) is 5.75 Å². The summed E-state index contributed by atoms with van der Waals surface area (Å²) in [7, 11) is 1.67. The lowest BCUT2D eigenvalue weighted by Gasteiger charge is -2.06. The van der Waals surface area contributed by atoms with E-state index in [9.17, 15) is 0 Å². The standard InChI is InChI=1S/C19H25N3OS/c1-23-17-10-8-16(9-11-17)12-14-22-19(20)21-13-5-15-24-18-6-3-2-4-7-18/h2-4,6-11H,5,12-15H2,1H3,(H3,20,21,22). The Kier molecular flexibility index (Phi) is 8.04. The molecule has 0 atom stereocenters. The van der Waals surface area contributed by atoms with Crippen LogP contribution in [0, 0.1) is 0 Å². The summed E-state index contributed by atoms with van der Waals surface area (Å²) in [6.45, 7) is 1.53. The van der Waals surface area contributed by atoms with Gasteiger partial charge >= 0.3 is 0 Å². The molecule has 24 heavy (non-hydrogen) atoms. The number of rotatable bonds is 9. The number of guanidine groups is 1. The van der Waals surface area contributed by atoms with Gasteiger partial charge in [-0.25, -0.2) is 0 Å². The SMILES string of the molecule is COc1ccc(CCNC(N)=NCCCSc2ccccc2)cc1. The molecule has 0 saturated carbocycles. The van der Waals surface area contributed by atoms with E-state index < -0.39 is 0 Å². The van der Waals surface area contributed by atoms with Gasteiger partial charge in [-0.05, 0) is 48.4 Å². The number of aliphatic imine (C=N–C) groups is 1. The van der Waals surface area contributed by atoms with E-state index in [1.807, 2.05) is 30.0 Å². The second-order valence-electron chi connectivity index (χ2n) is 5.31. The number of ether oxygens (including phenoxy) is 1. The molecule has 0 aromatic heterocycles. The van der Waals surface area contributed by atoms with Crippen LogP contribution in [0.4, 0.5) is 0 Å². The second kappa shape index (κ2) is 10.6. The van der Waals surface area contributed by atoms with Gasteiger partial charge in [0, 0.05) is 18.0 Å². The van der Waals surface area contributed by atoms with Gasteiger partial charge in [0.25, 0.3) is 0 Å². The number of benzene rings is 2. The van der Waals surface area contributed by atoms with E-state index in [1.165, 1.54) is 10.5 Å². The molecule has 0 radical (unpaired) electrons. The molecule has 0 aliphatic carbocycles. The van der Waals surface area contributed by atoms with Crippen molar-refractivity contribution in [2.75, 3.05) is 26.0 Å². The third-order valence-electron chi connectivity index (χ3n) is 3.48. The van der Waals surface area contributed by atoms with Gasteiger partial charge in [-0.3, -0.25) is 4.99 Å². The van der Waals surface area contributed by atoms with Crippen molar-refractivity contribution in [3.05, 3.63) is 60.2 Å². The summed E-state index contributed by atoms with van der Waals surface area (Å²) >= 11 is 1.85. The molecule has 2 aromatic carbocycles. The van der Waals surface area contributed by atoms with E-state index in [0.717, 1.165) is 37.4 Å². The zero-order valence-electron chi connectivity index (χ0n) is 14.1. The molecule has 0 aliphatic heterocycles. The van der Waals surface area contributed by atoms with Crippen molar-refractivity contribution in [1.82, 2.24) is 5.32 Å². The van der Waals surface area contributed by atoms with Gasteiger partial charge in [0.05, 0.1) is 7.11 Å². The molecule has 0 heterocycles. The maximum Gasteiger partial charge on any atom is 0.188 e. The molecule has 0 amide bonds. The van der Waals surface area contributed by atoms with Crippen molar-refractivity contribution in [1.29, 1.82) is 0 Å². The van der Waals surface area contributed by atoms with Gasteiger partial charge in [-0.1, -0.05) is 30.3 Å². The number of hydrogen-bond donors (Lipinski definition) is 2. The van der Waals surface area contributed by atoms with E-state index in [4.69, 9.17) is 10.5 Å². The molecule has 0 fully saturated rings. The Morgan fingerprint density at radius 1 is 1.12 bits per heavy atom. The molecular weight excluding hydrogens is 318 g/mol. The minimum Gasteiger partial charge on any atom is -0.497 e. The van der Waals surface area contributed by atoms with E-state index in [-0.39, 0.29) is 0 Å². The highest BCUT2D eigenvalue weighted by Gasteiger charge is 1.97. The Morgan fingerprint density at radius 3 is 2.58 bits per heavy atom. The predicted molar refractivity (Wildman–Crippen MR) is 103 cm³/mol. The maximum absolute atomic E-state index is 5.89. The molecule has 3 N–H and O–H groups in total. The Morgan fingerprint density at radius 2 is 1.88 bits per heavy atom. The van der Waals surface area contributed by atoms with Crippen LogP contribution in [0.15, 0.2) is 64.5 Å².